The molecule has 0 atom stereocenters. The van der Waals surface area contributed by atoms with Crippen molar-refractivity contribution in [2.24, 2.45) is 0 Å². The average Bonchev–Trinajstić information content (AvgIpc) is 2.04. The van der Waals surface area contributed by atoms with Crippen LogP contribution in [0.5, 0.6) is 0 Å². The molecule has 1 aromatic rings. The lowest BCUT2D eigenvalue weighted by molar-refractivity contribution is -0.511. The van der Waals surface area contributed by atoms with Crippen LogP contribution in [-0.2, 0) is 10.8 Å². The van der Waals surface area contributed by atoms with Crippen LogP contribution >= 0.6 is 0 Å². The summed E-state index contributed by atoms with van der Waals surface area (Å²) < 4.78 is 1.60. The van der Waals surface area contributed by atoms with Gasteiger partial charge < -0.3 is 9.94 Å². The van der Waals surface area contributed by atoms with Crippen LogP contribution in [0.4, 0.5) is 0 Å². The number of nitrogens with zero attached hydrogens (tertiary/aromatic N) is 2. The fraction of sp³-hybridized carbons (Fsp3) is 0.667. The molecule has 0 amide bonds. The van der Waals surface area contributed by atoms with E-state index in [1.54, 1.807) is 0 Å². The Morgan fingerprint density at radius 2 is 1.62 bits per heavy atom. The van der Waals surface area contributed by atoms with Crippen molar-refractivity contribution in [3.8, 4) is 0 Å². The summed E-state index contributed by atoms with van der Waals surface area (Å²) in [6, 6.07) is 0. The van der Waals surface area contributed by atoms with Crippen molar-refractivity contribution in [1.29, 1.82) is 0 Å². The van der Waals surface area contributed by atoms with Crippen LogP contribution in [-0.4, -0.2) is 4.73 Å². The Morgan fingerprint density at radius 1 is 1.12 bits per heavy atom. The summed E-state index contributed by atoms with van der Waals surface area (Å²) in [6.45, 7) is 11.5. The van der Waals surface area contributed by atoms with Gasteiger partial charge in [0.15, 0.2) is 0 Å². The van der Waals surface area contributed by atoms with Crippen molar-refractivity contribution < 1.29 is 4.43 Å². The molecule has 0 saturated carbocycles. The Kier molecular flexibility index (Phi) is 2.88. The molecule has 0 aliphatic carbocycles. The summed E-state index contributed by atoms with van der Waals surface area (Å²) in [6.07, 6.45) is 2.77. The zero-order valence-electron chi connectivity index (χ0n) is 10.9. The third kappa shape index (κ3) is 2.43. The minimum Gasteiger partial charge on any atom is -0.805 e. The van der Waals surface area contributed by atoms with Gasteiger partial charge in [0.25, 0.3) is 5.69 Å². The van der Waals surface area contributed by atoms with E-state index in [-0.39, 0.29) is 10.8 Å². The lowest BCUT2D eigenvalue weighted by atomic mass is 9.90. The first-order chi connectivity index (χ1) is 7.03. The molecule has 4 nitrogen and oxygen atoms in total. The number of rotatable bonds is 0. The highest BCUT2D eigenvalue weighted by Gasteiger charge is 2.28. The molecule has 0 aliphatic heterocycles. The van der Waals surface area contributed by atoms with Crippen LogP contribution in [0, 0.1) is 10.1 Å². The smallest absolute Gasteiger partial charge is 0.260 e. The lowest BCUT2D eigenvalue weighted by Crippen LogP contribution is -2.34. The van der Waals surface area contributed by atoms with Gasteiger partial charge in [-0.25, -0.2) is 0 Å². The maximum Gasteiger partial charge on any atom is 0.260 e. The Hall–Kier alpha value is -1.32. The molecule has 1 aromatic heterocycles. The third-order valence-electron chi connectivity index (χ3n) is 2.49. The Morgan fingerprint density at radius 3 is 2.00 bits per heavy atom. The van der Waals surface area contributed by atoms with Gasteiger partial charge in [0, 0.05) is 10.3 Å². The van der Waals surface area contributed by atoms with Gasteiger partial charge in [-0.1, -0.05) is 20.8 Å². The quantitative estimate of drug-likeness (QED) is 0.635. The SMILES string of the molecule is CC(C)(C)c1c[n+](=O)c(C(C)(C)C)cn1[O-]. The van der Waals surface area contributed by atoms with Crippen LogP contribution in [0.25, 0.3) is 0 Å². The second kappa shape index (κ2) is 3.61. The van der Waals surface area contributed by atoms with Crippen molar-refractivity contribution >= 4 is 0 Å². The predicted octanol–water partition coefficient (Wildman–Crippen LogP) is 2.34. The summed E-state index contributed by atoms with van der Waals surface area (Å²) >= 11 is 0. The van der Waals surface area contributed by atoms with Gasteiger partial charge in [-0.05, 0) is 20.8 Å². The van der Waals surface area contributed by atoms with Gasteiger partial charge in [-0.3, -0.25) is 0 Å². The number of hydrogen-bond donors (Lipinski definition) is 0. The minimum absolute atomic E-state index is 0.329. The van der Waals surface area contributed by atoms with Crippen LogP contribution in [0.1, 0.15) is 52.9 Å². The van der Waals surface area contributed by atoms with E-state index in [0.717, 1.165) is 9.16 Å². The first-order valence-corrected chi connectivity index (χ1v) is 5.41. The molecule has 90 valence electrons. The maximum atomic E-state index is 11.9. The zero-order chi connectivity index (χ0) is 12.7. The summed E-state index contributed by atoms with van der Waals surface area (Å²) in [7, 11) is 0. The zero-order valence-corrected chi connectivity index (χ0v) is 10.9. The molecule has 0 radical (unpaired) electrons. The topological polar surface area (TPSA) is 51.0 Å². The number of hydrogen-bond acceptors (Lipinski definition) is 2. The van der Waals surface area contributed by atoms with E-state index >= 15 is 0 Å². The van der Waals surface area contributed by atoms with Crippen LogP contribution in [0.15, 0.2) is 12.4 Å². The second-order valence-corrected chi connectivity index (χ2v) is 6.18. The van der Waals surface area contributed by atoms with Crippen LogP contribution in [0.2, 0.25) is 0 Å². The summed E-state index contributed by atoms with van der Waals surface area (Å²) in [5, 5.41) is 11.9. The maximum absolute atomic E-state index is 11.9. The van der Waals surface area contributed by atoms with Crippen LogP contribution in [0.3, 0.4) is 0 Å². The minimum atomic E-state index is -0.329. The van der Waals surface area contributed by atoms with Gasteiger partial charge in [-0.15, -0.1) is 0 Å². The van der Waals surface area contributed by atoms with Crippen molar-refractivity contribution in [1.82, 2.24) is 4.73 Å². The van der Waals surface area contributed by atoms with Crippen molar-refractivity contribution in [3.05, 3.63) is 33.9 Å². The normalized spacial score (nSPS) is 12.9. The average molecular weight is 224 g/mol. The van der Waals surface area contributed by atoms with Gasteiger partial charge in [0.1, 0.15) is 0 Å². The van der Waals surface area contributed by atoms with Crippen molar-refractivity contribution in [2.45, 2.75) is 52.4 Å². The molecule has 0 aliphatic rings. The highest BCUT2D eigenvalue weighted by atomic mass is 16.5. The molecular formula is C12H20N2O2. The molecule has 1 heterocycles. The molecule has 1 rings (SSSR count). The van der Waals surface area contributed by atoms with Gasteiger partial charge in [0.05, 0.1) is 21.7 Å². The molecule has 0 unspecified atom stereocenters. The molecule has 0 spiro atoms. The predicted molar refractivity (Wildman–Crippen MR) is 64.0 cm³/mol. The first-order valence-electron chi connectivity index (χ1n) is 5.41. The van der Waals surface area contributed by atoms with Gasteiger partial charge >= 0.3 is 0 Å². The third-order valence-corrected chi connectivity index (χ3v) is 2.49. The Bertz CT molecular complexity index is 448. The highest BCUT2D eigenvalue weighted by Crippen LogP contribution is 2.23. The highest BCUT2D eigenvalue weighted by molar-refractivity contribution is 5.13. The van der Waals surface area contributed by atoms with E-state index in [1.165, 1.54) is 12.4 Å². The second-order valence-electron chi connectivity index (χ2n) is 6.18. The van der Waals surface area contributed by atoms with Gasteiger partial charge in [-0.2, -0.15) is 0 Å². The lowest BCUT2D eigenvalue weighted by Gasteiger charge is -2.26. The molecule has 16 heavy (non-hydrogen) atoms. The van der Waals surface area contributed by atoms with E-state index in [1.807, 2.05) is 41.5 Å². The van der Waals surface area contributed by atoms with Gasteiger partial charge in [0.2, 0.25) is 6.20 Å². The molecule has 0 N–H and O–H groups in total. The molecule has 4 heteroatoms. The molecule has 0 aromatic carbocycles. The van der Waals surface area contributed by atoms with Crippen molar-refractivity contribution in [3.63, 3.8) is 0 Å². The molecule has 0 bridgehead atoms. The van der Waals surface area contributed by atoms with E-state index < -0.39 is 0 Å². The Balaban J connectivity index is 3.46. The van der Waals surface area contributed by atoms with Crippen molar-refractivity contribution in [2.75, 3.05) is 0 Å². The molecular weight excluding hydrogens is 204 g/mol. The Labute approximate surface area is 96.1 Å². The summed E-state index contributed by atoms with van der Waals surface area (Å²) in [5.74, 6) is 0. The number of aromatic nitrogens is 2. The van der Waals surface area contributed by atoms with E-state index in [9.17, 15) is 10.1 Å². The summed E-state index contributed by atoms with van der Waals surface area (Å²) in [5.41, 5.74) is 0.306. The largest absolute Gasteiger partial charge is 0.805 e. The van der Waals surface area contributed by atoms with E-state index in [2.05, 4.69) is 0 Å². The molecule has 0 saturated heterocycles. The first kappa shape index (κ1) is 12.7. The monoisotopic (exact) mass is 224 g/mol. The van der Waals surface area contributed by atoms with Crippen LogP contribution < -0.4 is 4.43 Å². The standard InChI is InChI=1S/C12H20N2O2/c1-11(2,3)9-7-14(16)10(8-13(9)15)12(4,5)6/h7-8H,1-6H3. The van der Waals surface area contributed by atoms with E-state index in [0.29, 0.717) is 11.4 Å². The fourth-order valence-electron chi connectivity index (χ4n) is 1.52. The summed E-state index contributed by atoms with van der Waals surface area (Å²) in [4.78, 5) is 11.9. The van der Waals surface area contributed by atoms with E-state index in [4.69, 9.17) is 0 Å². The molecule has 0 fully saturated rings. The fourth-order valence-corrected chi connectivity index (χ4v) is 1.52.